The predicted octanol–water partition coefficient (Wildman–Crippen LogP) is 3.99. The second kappa shape index (κ2) is 11.0. The van der Waals surface area contributed by atoms with Gasteiger partial charge in [-0.2, -0.15) is 5.26 Å². The van der Waals surface area contributed by atoms with Crippen molar-refractivity contribution in [3.8, 4) is 17.6 Å². The maximum absolute atomic E-state index is 14.0. The number of halogens is 1. The zero-order valence-corrected chi connectivity index (χ0v) is 23.0. The first-order valence-corrected chi connectivity index (χ1v) is 13.6. The van der Waals surface area contributed by atoms with Gasteiger partial charge in [0.05, 0.1) is 42.2 Å². The molecule has 0 aliphatic heterocycles. The molecule has 39 heavy (non-hydrogen) atoms. The molecule has 3 N–H and O–H groups in total. The molecule has 0 unspecified atom stereocenters. The molecule has 0 spiro atoms. The van der Waals surface area contributed by atoms with Gasteiger partial charge in [0.15, 0.2) is 0 Å². The first kappa shape index (κ1) is 28.7. The summed E-state index contributed by atoms with van der Waals surface area (Å²) in [5, 5.41) is 25.0. The Morgan fingerprint density at radius 1 is 1.15 bits per heavy atom. The summed E-state index contributed by atoms with van der Waals surface area (Å²) < 4.78 is 25.6. The van der Waals surface area contributed by atoms with Crippen molar-refractivity contribution in [1.29, 1.82) is 5.26 Å². The average Bonchev–Trinajstić information content (AvgIpc) is 3.50. The highest BCUT2D eigenvalue weighted by Crippen LogP contribution is 2.49. The summed E-state index contributed by atoms with van der Waals surface area (Å²) in [6, 6.07) is 4.65. The van der Waals surface area contributed by atoms with E-state index < -0.39 is 34.9 Å². The number of fused-ring (bicyclic) bond motifs is 2. The van der Waals surface area contributed by atoms with Gasteiger partial charge >= 0.3 is 5.97 Å². The Bertz CT molecular complexity index is 1160. The van der Waals surface area contributed by atoms with E-state index in [0.717, 1.165) is 19.3 Å². The number of methoxy groups -OCH3 is 1. The molecule has 3 fully saturated rings. The number of alkyl halides is 1. The fraction of sp³-hybridized carbons (Fsp3) is 0.655. The number of nitrogens with zero attached hydrogens (tertiary/aromatic N) is 1. The van der Waals surface area contributed by atoms with Crippen LogP contribution in [-0.2, 0) is 9.59 Å². The van der Waals surface area contributed by atoms with Crippen LogP contribution in [0.15, 0.2) is 12.1 Å². The van der Waals surface area contributed by atoms with Crippen LogP contribution in [0.25, 0.3) is 0 Å². The van der Waals surface area contributed by atoms with Gasteiger partial charge in [-0.1, -0.05) is 0 Å². The Balaban J connectivity index is 1.52. The summed E-state index contributed by atoms with van der Waals surface area (Å²) in [6.07, 6.45) is 4.28. The number of nitrogens with one attached hydrogen (secondary N) is 2. The third-order valence-electron chi connectivity index (χ3n) is 8.71. The summed E-state index contributed by atoms with van der Waals surface area (Å²) in [4.78, 5) is 38.2. The van der Waals surface area contributed by atoms with Gasteiger partial charge in [0.25, 0.3) is 5.91 Å². The highest BCUT2D eigenvalue weighted by Gasteiger charge is 2.51. The van der Waals surface area contributed by atoms with Crippen molar-refractivity contribution in [1.82, 2.24) is 10.6 Å². The smallest absolute Gasteiger partial charge is 0.309 e. The molecule has 4 atom stereocenters. The Morgan fingerprint density at radius 2 is 1.82 bits per heavy atom. The van der Waals surface area contributed by atoms with Crippen LogP contribution >= 0.6 is 0 Å². The maximum atomic E-state index is 14.0. The number of benzene rings is 1. The minimum Gasteiger partial charge on any atom is -0.496 e. The first-order chi connectivity index (χ1) is 18.3. The van der Waals surface area contributed by atoms with Crippen LogP contribution < -0.4 is 20.1 Å². The minimum absolute atomic E-state index is 0.0999. The van der Waals surface area contributed by atoms with Gasteiger partial charge < -0.3 is 25.2 Å². The number of carbonyl (C=O) groups is 3. The molecule has 1 aromatic carbocycles. The molecule has 3 aliphatic carbocycles. The summed E-state index contributed by atoms with van der Waals surface area (Å²) in [5.41, 5.74) is -1.94. The van der Waals surface area contributed by atoms with E-state index in [9.17, 15) is 29.1 Å². The minimum atomic E-state index is -1.54. The normalized spacial score (nSPS) is 29.8. The highest BCUT2D eigenvalue weighted by molar-refractivity contribution is 5.98. The van der Waals surface area contributed by atoms with Crippen molar-refractivity contribution >= 4 is 17.8 Å². The van der Waals surface area contributed by atoms with Crippen LogP contribution in [0.2, 0.25) is 0 Å². The van der Waals surface area contributed by atoms with E-state index in [0.29, 0.717) is 25.7 Å². The van der Waals surface area contributed by atoms with Gasteiger partial charge in [0.2, 0.25) is 5.91 Å². The summed E-state index contributed by atoms with van der Waals surface area (Å²) in [6.45, 7) is 4.44. The van der Waals surface area contributed by atoms with Gasteiger partial charge in [-0.25, -0.2) is 4.39 Å². The molecule has 0 heterocycles. The summed E-state index contributed by atoms with van der Waals surface area (Å²) in [5.74, 6) is -1.23. The van der Waals surface area contributed by atoms with Crippen molar-refractivity contribution in [2.24, 2.45) is 23.2 Å². The fourth-order valence-corrected chi connectivity index (χ4v) is 6.35. The largest absolute Gasteiger partial charge is 0.496 e. The van der Waals surface area contributed by atoms with Crippen molar-refractivity contribution in [2.75, 3.05) is 13.7 Å². The second-order valence-electron chi connectivity index (χ2n) is 12.1. The number of carbonyl (C=O) groups excluding carboxylic acids is 2. The molecule has 0 aromatic heterocycles. The number of nitriles is 1. The standard InChI is InChI=1S/C29H38FN3O6/c1-28(2,30)15-32-26(35)23-16-5-6-17(11-16)24(23)33-25(34)20-13-21(18(14-31)12-22(20)38-4)39-19-7-9-29(3,10-8-19)27(36)37/h12-13,16-17,19,23-24H,5-11,15H2,1-4H3,(H,32,35)(H,33,34)(H,36,37)/t16-,17+,19-,23+,24-,29+/m1/s1. The summed E-state index contributed by atoms with van der Waals surface area (Å²) >= 11 is 0. The fourth-order valence-electron chi connectivity index (χ4n) is 6.35. The average molecular weight is 544 g/mol. The van der Waals surface area contributed by atoms with Crippen LogP contribution in [0.5, 0.6) is 11.5 Å². The molecule has 212 valence electrons. The monoisotopic (exact) mass is 543 g/mol. The van der Waals surface area contributed by atoms with E-state index in [-0.39, 0.29) is 53.0 Å². The molecular weight excluding hydrogens is 505 g/mol. The molecule has 4 rings (SSSR count). The lowest BCUT2D eigenvalue weighted by Gasteiger charge is -2.34. The Labute approximate surface area is 228 Å². The number of aliphatic carboxylic acids is 1. The SMILES string of the molecule is COc1cc(C#N)c(O[C@H]2CC[C@@](C)(C(=O)O)CC2)cc1C(=O)N[C@@H]1[C@H]2CC[C@H](C2)[C@@H]1C(=O)NCC(C)(C)F. The van der Waals surface area contributed by atoms with E-state index in [4.69, 9.17) is 9.47 Å². The Kier molecular flexibility index (Phi) is 8.10. The molecular formula is C29H38FN3O6. The molecule has 1 aromatic rings. The van der Waals surface area contributed by atoms with Crippen molar-refractivity contribution < 1.29 is 33.4 Å². The van der Waals surface area contributed by atoms with Gasteiger partial charge in [-0.05, 0) is 83.6 Å². The first-order valence-electron chi connectivity index (χ1n) is 13.6. The van der Waals surface area contributed by atoms with Crippen LogP contribution in [0, 0.1) is 34.5 Å². The molecule has 0 radical (unpaired) electrons. The third kappa shape index (κ3) is 6.13. The Hall–Kier alpha value is -3.35. The lowest BCUT2D eigenvalue weighted by molar-refractivity contribution is -0.150. The van der Waals surface area contributed by atoms with Gasteiger partial charge in [-0.3, -0.25) is 14.4 Å². The van der Waals surface area contributed by atoms with E-state index in [2.05, 4.69) is 16.7 Å². The van der Waals surface area contributed by atoms with E-state index in [1.54, 1.807) is 6.92 Å². The van der Waals surface area contributed by atoms with Gasteiger partial charge in [0.1, 0.15) is 23.2 Å². The van der Waals surface area contributed by atoms with Crippen LogP contribution in [0.3, 0.4) is 0 Å². The molecule has 3 aliphatic rings. The zero-order chi connectivity index (χ0) is 28.5. The summed E-state index contributed by atoms with van der Waals surface area (Å²) in [7, 11) is 1.41. The molecule has 2 amide bonds. The lowest BCUT2D eigenvalue weighted by Crippen LogP contribution is -2.51. The van der Waals surface area contributed by atoms with Gasteiger partial charge in [-0.15, -0.1) is 0 Å². The zero-order valence-electron chi connectivity index (χ0n) is 23.0. The van der Waals surface area contributed by atoms with Crippen molar-refractivity contribution in [2.45, 2.75) is 83.5 Å². The lowest BCUT2D eigenvalue weighted by atomic mass is 9.75. The number of hydrogen-bond donors (Lipinski definition) is 3. The Morgan fingerprint density at radius 3 is 2.41 bits per heavy atom. The van der Waals surface area contributed by atoms with Crippen molar-refractivity contribution in [3.05, 3.63) is 23.3 Å². The van der Waals surface area contributed by atoms with Crippen LogP contribution in [0.1, 0.15) is 81.6 Å². The highest BCUT2D eigenvalue weighted by atomic mass is 19.1. The third-order valence-corrected chi connectivity index (χ3v) is 8.71. The van der Waals surface area contributed by atoms with Crippen molar-refractivity contribution in [3.63, 3.8) is 0 Å². The quantitative estimate of drug-likeness (QED) is 0.428. The molecule has 2 bridgehead atoms. The van der Waals surface area contributed by atoms with E-state index in [1.165, 1.54) is 33.1 Å². The molecule has 3 saturated carbocycles. The number of ether oxygens (including phenoxy) is 2. The molecule has 9 nitrogen and oxygen atoms in total. The predicted molar refractivity (Wildman–Crippen MR) is 140 cm³/mol. The van der Waals surface area contributed by atoms with E-state index in [1.807, 2.05) is 0 Å². The number of rotatable bonds is 9. The molecule has 0 saturated heterocycles. The number of amides is 2. The van der Waals surface area contributed by atoms with E-state index >= 15 is 0 Å². The van der Waals surface area contributed by atoms with Gasteiger partial charge in [0, 0.05) is 12.1 Å². The number of carboxylic acid groups (broad SMARTS) is 1. The molecule has 10 heteroatoms. The number of hydrogen-bond acceptors (Lipinski definition) is 6. The maximum Gasteiger partial charge on any atom is 0.309 e. The topological polar surface area (TPSA) is 138 Å². The van der Waals surface area contributed by atoms with Crippen LogP contribution in [-0.4, -0.2) is 54.4 Å². The second-order valence-corrected chi connectivity index (χ2v) is 12.1. The van der Waals surface area contributed by atoms with Crippen LogP contribution in [0.4, 0.5) is 4.39 Å². The number of carboxylic acids is 1.